The molecule has 1 unspecified atom stereocenters. The molecule has 0 bridgehead atoms. The Morgan fingerprint density at radius 1 is 1.27 bits per heavy atom. The first kappa shape index (κ1) is 17.5. The molecule has 10 nitrogen and oxygen atoms in total. The summed E-state index contributed by atoms with van der Waals surface area (Å²) in [6.45, 7) is 2.32. The Bertz CT molecular complexity index is 805. The van der Waals surface area contributed by atoms with E-state index in [-0.39, 0.29) is 24.8 Å². The molecule has 0 saturated carbocycles. The first-order valence-corrected chi connectivity index (χ1v) is 8.31. The fraction of sp³-hybridized carbons (Fsp3) is 0.375. The van der Waals surface area contributed by atoms with Crippen LogP contribution in [0.25, 0.3) is 5.69 Å². The van der Waals surface area contributed by atoms with Crippen LogP contribution < -0.4 is 10.6 Å². The minimum atomic E-state index is -0.834. The summed E-state index contributed by atoms with van der Waals surface area (Å²) in [5.74, 6) is -0.287. The maximum Gasteiger partial charge on any atom is 0.324 e. The zero-order valence-electron chi connectivity index (χ0n) is 14.3. The van der Waals surface area contributed by atoms with Crippen molar-refractivity contribution in [3.63, 3.8) is 0 Å². The van der Waals surface area contributed by atoms with Crippen LogP contribution in [0.5, 0.6) is 0 Å². The second kappa shape index (κ2) is 7.72. The molecule has 1 aromatic heterocycles. The third-order valence-corrected chi connectivity index (χ3v) is 3.92. The Balaban J connectivity index is 1.57. The van der Waals surface area contributed by atoms with Crippen molar-refractivity contribution >= 4 is 17.8 Å². The lowest BCUT2D eigenvalue weighted by atomic mass is 10.2. The second-order valence-electron chi connectivity index (χ2n) is 5.82. The molecular weight excluding hydrogens is 338 g/mol. The van der Waals surface area contributed by atoms with Crippen LogP contribution in [0.2, 0.25) is 0 Å². The van der Waals surface area contributed by atoms with Gasteiger partial charge >= 0.3 is 6.03 Å². The van der Waals surface area contributed by atoms with Crippen LogP contribution in [0.3, 0.4) is 0 Å². The summed E-state index contributed by atoms with van der Waals surface area (Å²) in [5.41, 5.74) is 0.773. The summed E-state index contributed by atoms with van der Waals surface area (Å²) in [4.78, 5) is 37.2. The van der Waals surface area contributed by atoms with Gasteiger partial charge in [0.15, 0.2) is 5.82 Å². The third-order valence-electron chi connectivity index (χ3n) is 3.92. The number of nitrogens with zero attached hydrogens (tertiary/aromatic N) is 5. The van der Waals surface area contributed by atoms with Crippen LogP contribution in [0.15, 0.2) is 30.3 Å². The number of amides is 4. The van der Waals surface area contributed by atoms with E-state index in [1.54, 1.807) is 0 Å². The van der Waals surface area contributed by atoms with Gasteiger partial charge in [0.2, 0.25) is 5.91 Å². The molecule has 1 atom stereocenters. The Morgan fingerprint density at radius 2 is 2.04 bits per heavy atom. The Kier molecular flexibility index (Phi) is 5.20. The monoisotopic (exact) mass is 357 g/mol. The van der Waals surface area contributed by atoms with Crippen LogP contribution >= 0.6 is 0 Å². The summed E-state index contributed by atoms with van der Waals surface area (Å²) in [6.07, 6.45) is 0.540. The molecule has 0 spiro atoms. The van der Waals surface area contributed by atoms with E-state index in [9.17, 15) is 14.4 Å². The average Bonchev–Trinajstić information content (AvgIpc) is 3.21. The third kappa shape index (κ3) is 3.68. The number of benzene rings is 1. The van der Waals surface area contributed by atoms with Crippen molar-refractivity contribution in [3.05, 3.63) is 36.2 Å². The molecule has 1 aliphatic heterocycles. The van der Waals surface area contributed by atoms with Crippen molar-refractivity contribution in [2.24, 2.45) is 0 Å². The second-order valence-corrected chi connectivity index (χ2v) is 5.82. The van der Waals surface area contributed by atoms with Gasteiger partial charge < -0.3 is 10.6 Å². The predicted molar refractivity (Wildman–Crippen MR) is 89.9 cm³/mol. The Labute approximate surface area is 149 Å². The fourth-order valence-electron chi connectivity index (χ4n) is 2.67. The largest absolute Gasteiger partial charge is 0.349 e. The molecule has 1 aromatic carbocycles. The molecule has 1 fully saturated rings. The van der Waals surface area contributed by atoms with E-state index in [2.05, 4.69) is 26.2 Å². The number of rotatable bonds is 7. The molecule has 2 N–H and O–H groups in total. The van der Waals surface area contributed by atoms with Crippen LogP contribution in [0.4, 0.5) is 4.79 Å². The predicted octanol–water partition coefficient (Wildman–Crippen LogP) is -0.001000. The number of nitrogens with one attached hydrogen (secondary N) is 2. The van der Waals surface area contributed by atoms with Crippen molar-refractivity contribution in [3.8, 4) is 5.69 Å². The highest BCUT2D eigenvalue weighted by Gasteiger charge is 2.38. The number of aromatic nitrogens is 4. The summed E-state index contributed by atoms with van der Waals surface area (Å²) < 4.78 is 1.52. The maximum absolute atomic E-state index is 12.1. The molecular formula is C16H19N7O3. The number of hydrogen-bond acceptors (Lipinski definition) is 6. The van der Waals surface area contributed by atoms with Gasteiger partial charge in [0, 0.05) is 6.54 Å². The molecule has 2 heterocycles. The highest BCUT2D eigenvalue weighted by Crippen LogP contribution is 2.10. The zero-order valence-corrected chi connectivity index (χ0v) is 14.3. The summed E-state index contributed by atoms with van der Waals surface area (Å²) >= 11 is 0. The minimum Gasteiger partial charge on any atom is -0.349 e. The van der Waals surface area contributed by atoms with Gasteiger partial charge in [-0.25, -0.2) is 4.79 Å². The summed E-state index contributed by atoms with van der Waals surface area (Å²) in [5, 5.41) is 16.6. The normalized spacial score (nSPS) is 16.7. The van der Waals surface area contributed by atoms with E-state index in [0.29, 0.717) is 18.8 Å². The van der Waals surface area contributed by atoms with Crippen molar-refractivity contribution < 1.29 is 14.4 Å². The highest BCUT2D eigenvalue weighted by atomic mass is 16.2. The van der Waals surface area contributed by atoms with Gasteiger partial charge in [-0.3, -0.25) is 14.5 Å². The van der Waals surface area contributed by atoms with Crippen molar-refractivity contribution in [1.82, 2.24) is 35.7 Å². The lowest BCUT2D eigenvalue weighted by Gasteiger charge is -2.11. The van der Waals surface area contributed by atoms with E-state index in [1.807, 2.05) is 37.3 Å². The van der Waals surface area contributed by atoms with Crippen LogP contribution in [-0.2, 0) is 16.1 Å². The summed E-state index contributed by atoms with van der Waals surface area (Å²) in [7, 11) is 0. The maximum atomic E-state index is 12.1. The van der Waals surface area contributed by atoms with Gasteiger partial charge in [-0.2, -0.15) is 4.68 Å². The van der Waals surface area contributed by atoms with Gasteiger partial charge in [-0.15, -0.1) is 5.10 Å². The van der Waals surface area contributed by atoms with Gasteiger partial charge in [-0.1, -0.05) is 25.1 Å². The molecule has 26 heavy (non-hydrogen) atoms. The highest BCUT2D eigenvalue weighted by molar-refractivity contribution is 6.05. The first-order valence-electron chi connectivity index (χ1n) is 8.31. The molecule has 1 aliphatic rings. The van der Waals surface area contributed by atoms with E-state index in [4.69, 9.17) is 0 Å². The SMILES string of the molecule is CCCN1C(=O)NC(CC(=O)NCc2nnnn2-c2ccccc2)C1=O. The van der Waals surface area contributed by atoms with Crippen LogP contribution in [0, 0.1) is 0 Å². The fourth-order valence-corrected chi connectivity index (χ4v) is 2.67. The van der Waals surface area contributed by atoms with Crippen molar-refractivity contribution in [2.45, 2.75) is 32.4 Å². The molecule has 136 valence electrons. The van der Waals surface area contributed by atoms with Crippen LogP contribution in [0.1, 0.15) is 25.6 Å². The number of carbonyl (C=O) groups is 3. The summed E-state index contributed by atoms with van der Waals surface area (Å²) in [6, 6.07) is 7.99. The van der Waals surface area contributed by atoms with Gasteiger partial charge in [-0.05, 0) is 29.0 Å². The number of para-hydroxylation sites is 1. The Hall–Kier alpha value is -3.30. The number of hydrogen-bond donors (Lipinski definition) is 2. The molecule has 3 rings (SSSR count). The topological polar surface area (TPSA) is 122 Å². The standard InChI is InChI=1S/C16H19N7O3/c1-2-8-22-15(25)12(18-16(22)26)9-14(24)17-10-13-19-20-21-23(13)11-6-4-3-5-7-11/h3-7,12H,2,8-10H2,1H3,(H,17,24)(H,18,26). The molecule has 10 heteroatoms. The van der Waals surface area contributed by atoms with Crippen LogP contribution in [-0.4, -0.2) is 55.5 Å². The average molecular weight is 357 g/mol. The van der Waals surface area contributed by atoms with Gasteiger partial charge in [0.1, 0.15) is 6.04 Å². The molecule has 2 aromatic rings. The lowest BCUT2D eigenvalue weighted by molar-refractivity contribution is -0.130. The molecule has 1 saturated heterocycles. The first-order chi connectivity index (χ1) is 12.6. The smallest absolute Gasteiger partial charge is 0.324 e. The minimum absolute atomic E-state index is 0.105. The number of carbonyl (C=O) groups excluding carboxylic acids is 3. The van der Waals surface area contributed by atoms with E-state index >= 15 is 0 Å². The Morgan fingerprint density at radius 3 is 2.77 bits per heavy atom. The van der Waals surface area contributed by atoms with Gasteiger partial charge in [0.05, 0.1) is 18.7 Å². The van der Waals surface area contributed by atoms with E-state index < -0.39 is 12.1 Å². The van der Waals surface area contributed by atoms with E-state index in [0.717, 1.165) is 10.6 Å². The molecule has 4 amide bonds. The van der Waals surface area contributed by atoms with E-state index in [1.165, 1.54) is 4.68 Å². The lowest BCUT2D eigenvalue weighted by Crippen LogP contribution is -2.36. The quantitative estimate of drug-likeness (QED) is 0.673. The molecule has 0 aliphatic carbocycles. The number of imide groups is 1. The molecule has 0 radical (unpaired) electrons. The van der Waals surface area contributed by atoms with Gasteiger partial charge in [0.25, 0.3) is 5.91 Å². The van der Waals surface area contributed by atoms with Crippen molar-refractivity contribution in [2.75, 3.05) is 6.54 Å². The zero-order chi connectivity index (χ0) is 18.5. The number of tetrazole rings is 1. The van der Waals surface area contributed by atoms with Crippen molar-refractivity contribution in [1.29, 1.82) is 0 Å². The number of urea groups is 1.